The Hall–Kier alpha value is -2.00. The molecule has 2 aliphatic carbocycles. The van der Waals surface area contributed by atoms with E-state index >= 15 is 0 Å². The van der Waals surface area contributed by atoms with Gasteiger partial charge < -0.3 is 5.32 Å². The first-order valence-corrected chi connectivity index (χ1v) is 13.5. The topological polar surface area (TPSA) is 93.0 Å². The fraction of sp³-hybridized carbons (Fsp3) is 0.696. The molecular weight excluding hydrogens is 424 g/mol. The Morgan fingerprint density at radius 1 is 1.06 bits per heavy atom. The fourth-order valence-corrected chi connectivity index (χ4v) is 7.60. The maximum absolute atomic E-state index is 12.8. The van der Waals surface area contributed by atoms with Gasteiger partial charge in [0.15, 0.2) is 14.9 Å². The Balaban J connectivity index is 1.14. The third kappa shape index (κ3) is 4.41. The first-order chi connectivity index (χ1) is 15.4. The van der Waals surface area contributed by atoms with Crippen molar-refractivity contribution in [3.8, 4) is 0 Å². The number of nitrogens with one attached hydrogen (secondary N) is 1. The molecule has 3 fully saturated rings. The predicted octanol–water partition coefficient (Wildman–Crippen LogP) is 2.95. The van der Waals surface area contributed by atoms with E-state index in [-0.39, 0.29) is 10.3 Å². The Bertz CT molecular complexity index is 1010. The molecule has 3 heterocycles. The van der Waals surface area contributed by atoms with Crippen LogP contribution < -0.4 is 5.32 Å². The zero-order valence-electron chi connectivity index (χ0n) is 19.1. The molecule has 32 heavy (non-hydrogen) atoms. The smallest absolute Gasteiger partial charge is 0.200 e. The van der Waals surface area contributed by atoms with Crippen LogP contribution in [0.2, 0.25) is 0 Å². The van der Waals surface area contributed by atoms with Crippen molar-refractivity contribution in [2.24, 2.45) is 18.9 Å². The van der Waals surface area contributed by atoms with E-state index < -0.39 is 9.84 Å². The molecule has 1 unspecified atom stereocenters. The molecule has 0 bridgehead atoms. The van der Waals surface area contributed by atoms with Crippen LogP contribution in [0.3, 0.4) is 0 Å². The van der Waals surface area contributed by atoms with Crippen molar-refractivity contribution in [2.75, 3.05) is 18.4 Å². The molecule has 9 heteroatoms. The molecule has 3 atom stereocenters. The lowest BCUT2D eigenvalue weighted by atomic mass is 10.0. The normalized spacial score (nSPS) is 27.0. The summed E-state index contributed by atoms with van der Waals surface area (Å²) in [6, 6.07) is 5.97. The van der Waals surface area contributed by atoms with Crippen LogP contribution in [0.5, 0.6) is 0 Å². The number of anilines is 1. The van der Waals surface area contributed by atoms with Crippen LogP contribution in [0.4, 0.5) is 5.82 Å². The number of hydrogen-bond donors (Lipinski definition) is 1. The van der Waals surface area contributed by atoms with Gasteiger partial charge in [0.25, 0.3) is 0 Å². The molecule has 0 aromatic carbocycles. The van der Waals surface area contributed by atoms with Crippen molar-refractivity contribution in [3.63, 3.8) is 0 Å². The Kier molecular flexibility index (Phi) is 5.96. The molecule has 2 aromatic heterocycles. The highest BCUT2D eigenvalue weighted by molar-refractivity contribution is 7.92. The minimum absolute atomic E-state index is 0.124. The van der Waals surface area contributed by atoms with Gasteiger partial charge in [0.05, 0.1) is 10.9 Å². The number of sulfone groups is 1. The van der Waals surface area contributed by atoms with Crippen LogP contribution in [0, 0.1) is 18.8 Å². The maximum Gasteiger partial charge on any atom is 0.200 e. The van der Waals surface area contributed by atoms with Gasteiger partial charge in [-0.15, -0.1) is 10.2 Å². The zero-order chi connectivity index (χ0) is 22.3. The molecule has 1 aliphatic heterocycles. The SMILES string of the molecule is Cc1cc(CN2C[C@H]3CC(Nc4ccc(S(=O)(=O)C5CCCCC5)nn4)C[C@H]3C2)nn1C. The van der Waals surface area contributed by atoms with E-state index in [0.717, 1.165) is 70.3 Å². The van der Waals surface area contributed by atoms with E-state index in [1.165, 1.54) is 5.69 Å². The van der Waals surface area contributed by atoms with E-state index in [2.05, 4.69) is 38.5 Å². The highest BCUT2D eigenvalue weighted by Gasteiger charge is 2.41. The van der Waals surface area contributed by atoms with Gasteiger partial charge in [-0.2, -0.15) is 5.10 Å². The predicted molar refractivity (Wildman–Crippen MR) is 123 cm³/mol. The number of rotatable bonds is 6. The summed E-state index contributed by atoms with van der Waals surface area (Å²) >= 11 is 0. The second-order valence-corrected chi connectivity index (χ2v) is 12.2. The van der Waals surface area contributed by atoms with Gasteiger partial charge in [-0.1, -0.05) is 19.3 Å². The van der Waals surface area contributed by atoms with Crippen molar-refractivity contribution < 1.29 is 8.42 Å². The molecule has 1 N–H and O–H groups in total. The van der Waals surface area contributed by atoms with E-state index in [0.29, 0.717) is 23.7 Å². The largest absolute Gasteiger partial charge is 0.366 e. The molecule has 8 nitrogen and oxygen atoms in total. The van der Waals surface area contributed by atoms with E-state index in [4.69, 9.17) is 0 Å². The van der Waals surface area contributed by atoms with Gasteiger partial charge in [0.2, 0.25) is 0 Å². The van der Waals surface area contributed by atoms with E-state index in [1.54, 1.807) is 12.1 Å². The molecule has 5 rings (SSSR count). The Morgan fingerprint density at radius 3 is 2.38 bits per heavy atom. The van der Waals surface area contributed by atoms with Gasteiger partial charge in [-0.25, -0.2) is 8.42 Å². The second-order valence-electron chi connectivity index (χ2n) is 9.99. The van der Waals surface area contributed by atoms with Gasteiger partial charge in [0.1, 0.15) is 5.82 Å². The minimum Gasteiger partial charge on any atom is -0.366 e. The highest BCUT2D eigenvalue weighted by Crippen LogP contribution is 2.39. The third-order valence-electron chi connectivity index (χ3n) is 7.65. The molecule has 2 saturated carbocycles. The van der Waals surface area contributed by atoms with Gasteiger partial charge in [-0.05, 0) is 62.6 Å². The van der Waals surface area contributed by atoms with Gasteiger partial charge >= 0.3 is 0 Å². The summed E-state index contributed by atoms with van der Waals surface area (Å²) in [5, 5.41) is 16.2. The van der Waals surface area contributed by atoms with Gasteiger partial charge in [-0.3, -0.25) is 9.58 Å². The number of nitrogens with zero attached hydrogens (tertiary/aromatic N) is 5. The standard InChI is InChI=1S/C23H34N6O2S/c1-16-10-20(27-28(16)2)15-29-13-17-11-19(12-18(17)14-29)24-22-8-9-23(26-25-22)32(30,31)21-6-4-3-5-7-21/h8-10,17-19,21H,3-7,11-15H2,1-2H3,(H,24,25)/t17-,18+,19?. The number of hydrogen-bond acceptors (Lipinski definition) is 7. The summed E-state index contributed by atoms with van der Waals surface area (Å²) in [4.78, 5) is 2.53. The first kappa shape index (κ1) is 21.8. The van der Waals surface area contributed by atoms with Crippen LogP contribution >= 0.6 is 0 Å². The molecular formula is C23H34N6O2S. The lowest BCUT2D eigenvalue weighted by Gasteiger charge is -2.21. The molecule has 0 amide bonds. The number of fused-ring (bicyclic) bond motifs is 1. The van der Waals surface area contributed by atoms with Crippen molar-refractivity contribution in [3.05, 3.63) is 29.6 Å². The third-order valence-corrected chi connectivity index (χ3v) is 9.80. The quantitative estimate of drug-likeness (QED) is 0.711. The summed E-state index contributed by atoms with van der Waals surface area (Å²) in [6.45, 7) is 5.24. The fourth-order valence-electron chi connectivity index (χ4n) is 5.89. The summed E-state index contributed by atoms with van der Waals surface area (Å²) in [7, 11) is -1.37. The molecule has 1 saturated heterocycles. The van der Waals surface area contributed by atoms with Crippen molar-refractivity contribution >= 4 is 15.7 Å². The lowest BCUT2D eigenvalue weighted by Crippen LogP contribution is -2.26. The average Bonchev–Trinajstić information content (AvgIpc) is 3.42. The molecule has 0 spiro atoms. The summed E-state index contributed by atoms with van der Waals surface area (Å²) in [6.07, 6.45) is 6.82. The average molecular weight is 459 g/mol. The molecule has 174 valence electrons. The number of aryl methyl sites for hydroxylation is 2. The van der Waals surface area contributed by atoms with E-state index in [9.17, 15) is 8.42 Å². The number of aromatic nitrogens is 4. The van der Waals surface area contributed by atoms with Crippen LogP contribution in [-0.4, -0.2) is 57.7 Å². The van der Waals surface area contributed by atoms with Crippen molar-refractivity contribution in [2.45, 2.75) is 74.7 Å². The monoisotopic (exact) mass is 458 g/mol. The van der Waals surface area contributed by atoms with Crippen molar-refractivity contribution in [1.82, 2.24) is 24.9 Å². The van der Waals surface area contributed by atoms with Crippen LogP contribution in [0.1, 0.15) is 56.3 Å². The van der Waals surface area contributed by atoms with Crippen LogP contribution in [0.15, 0.2) is 23.2 Å². The van der Waals surface area contributed by atoms with E-state index in [1.807, 2.05) is 11.7 Å². The first-order valence-electron chi connectivity index (χ1n) is 11.9. The molecule has 3 aliphatic rings. The molecule has 2 aromatic rings. The van der Waals surface area contributed by atoms with Gasteiger partial charge in [0, 0.05) is 38.4 Å². The summed E-state index contributed by atoms with van der Waals surface area (Å²) in [5.74, 6) is 2.06. The maximum atomic E-state index is 12.8. The molecule has 0 radical (unpaired) electrons. The van der Waals surface area contributed by atoms with Crippen LogP contribution in [0.25, 0.3) is 0 Å². The summed E-state index contributed by atoms with van der Waals surface area (Å²) < 4.78 is 27.6. The summed E-state index contributed by atoms with van der Waals surface area (Å²) in [5.41, 5.74) is 2.35. The van der Waals surface area contributed by atoms with Crippen LogP contribution in [-0.2, 0) is 23.4 Å². The lowest BCUT2D eigenvalue weighted by molar-refractivity contribution is 0.296. The Labute approximate surface area is 190 Å². The Morgan fingerprint density at radius 2 is 1.78 bits per heavy atom. The highest BCUT2D eigenvalue weighted by atomic mass is 32.2. The van der Waals surface area contributed by atoms with Crippen molar-refractivity contribution in [1.29, 1.82) is 0 Å². The zero-order valence-corrected chi connectivity index (χ0v) is 19.9. The number of likely N-dealkylation sites (tertiary alicyclic amines) is 1. The minimum atomic E-state index is -3.37. The second kappa shape index (κ2) is 8.74.